The van der Waals surface area contributed by atoms with Crippen molar-refractivity contribution in [3.8, 4) is 5.75 Å². The second-order valence-electron chi connectivity index (χ2n) is 4.77. The lowest BCUT2D eigenvalue weighted by molar-refractivity contribution is 0.405. The SMILES string of the molecule is COc1ccc(CC(C)N)c2c1CCCC2.Cl. The van der Waals surface area contributed by atoms with Crippen LogP contribution in [0.3, 0.4) is 0 Å². The standard InChI is InChI=1S/C14H21NO.ClH/c1-10(15)9-11-7-8-14(16-2)13-6-4-3-5-12(11)13;/h7-8,10H,3-6,9,15H2,1-2H3;1H. The number of methoxy groups -OCH3 is 1. The predicted molar refractivity (Wildman–Crippen MR) is 74.2 cm³/mol. The fraction of sp³-hybridized carbons (Fsp3) is 0.571. The lowest BCUT2D eigenvalue weighted by atomic mass is 9.86. The van der Waals surface area contributed by atoms with Crippen molar-refractivity contribution in [2.75, 3.05) is 7.11 Å². The van der Waals surface area contributed by atoms with Crippen molar-refractivity contribution < 1.29 is 4.74 Å². The minimum absolute atomic E-state index is 0. The van der Waals surface area contributed by atoms with E-state index in [1.165, 1.54) is 36.0 Å². The number of halogens is 1. The van der Waals surface area contributed by atoms with Crippen LogP contribution in [0.5, 0.6) is 5.75 Å². The summed E-state index contributed by atoms with van der Waals surface area (Å²) in [7, 11) is 1.76. The van der Waals surface area contributed by atoms with E-state index in [4.69, 9.17) is 10.5 Å². The number of nitrogens with two attached hydrogens (primary N) is 1. The van der Waals surface area contributed by atoms with Crippen molar-refractivity contribution in [1.82, 2.24) is 0 Å². The van der Waals surface area contributed by atoms with Crippen molar-refractivity contribution in [3.05, 3.63) is 28.8 Å². The summed E-state index contributed by atoms with van der Waals surface area (Å²) in [5.41, 5.74) is 10.2. The Bertz CT molecular complexity index is 377. The summed E-state index contributed by atoms with van der Waals surface area (Å²) in [6, 6.07) is 4.52. The molecule has 0 saturated carbocycles. The third-order valence-corrected chi connectivity index (χ3v) is 3.35. The first-order chi connectivity index (χ1) is 7.72. The zero-order valence-corrected chi connectivity index (χ0v) is 11.5. The van der Waals surface area contributed by atoms with Gasteiger partial charge < -0.3 is 10.5 Å². The van der Waals surface area contributed by atoms with E-state index in [2.05, 4.69) is 19.1 Å². The molecule has 1 aromatic rings. The van der Waals surface area contributed by atoms with Gasteiger partial charge in [-0.25, -0.2) is 0 Å². The molecule has 1 aliphatic rings. The predicted octanol–water partition coefficient (Wildman–Crippen LogP) is 2.89. The molecular weight excluding hydrogens is 234 g/mol. The van der Waals surface area contributed by atoms with E-state index >= 15 is 0 Å². The van der Waals surface area contributed by atoms with Gasteiger partial charge >= 0.3 is 0 Å². The Hall–Kier alpha value is -0.730. The molecule has 0 spiro atoms. The quantitative estimate of drug-likeness (QED) is 0.902. The second-order valence-corrected chi connectivity index (χ2v) is 4.77. The minimum atomic E-state index is 0. The van der Waals surface area contributed by atoms with Crippen LogP contribution in [0, 0.1) is 0 Å². The molecule has 0 amide bonds. The number of ether oxygens (including phenoxy) is 1. The average Bonchev–Trinajstić information content (AvgIpc) is 2.29. The third kappa shape index (κ3) is 3.14. The van der Waals surface area contributed by atoms with E-state index < -0.39 is 0 Å². The first kappa shape index (κ1) is 14.3. The highest BCUT2D eigenvalue weighted by molar-refractivity contribution is 5.85. The third-order valence-electron chi connectivity index (χ3n) is 3.35. The highest BCUT2D eigenvalue weighted by Gasteiger charge is 2.17. The van der Waals surface area contributed by atoms with Crippen LogP contribution in [0.15, 0.2) is 12.1 Å². The maximum Gasteiger partial charge on any atom is 0.122 e. The lowest BCUT2D eigenvalue weighted by Crippen LogP contribution is -2.20. The van der Waals surface area contributed by atoms with Gasteiger partial charge in [0.15, 0.2) is 0 Å². The molecule has 0 saturated heterocycles. The Balaban J connectivity index is 0.00000144. The van der Waals surface area contributed by atoms with Gasteiger partial charge in [-0.3, -0.25) is 0 Å². The number of benzene rings is 1. The molecule has 1 unspecified atom stereocenters. The number of fused-ring (bicyclic) bond motifs is 1. The van der Waals surface area contributed by atoms with Crippen molar-refractivity contribution in [2.45, 2.75) is 45.1 Å². The summed E-state index contributed by atoms with van der Waals surface area (Å²) in [6.45, 7) is 2.07. The van der Waals surface area contributed by atoms with Crippen LogP contribution in [0.4, 0.5) is 0 Å². The van der Waals surface area contributed by atoms with Gasteiger partial charge in [0.2, 0.25) is 0 Å². The summed E-state index contributed by atoms with van der Waals surface area (Å²) in [5.74, 6) is 1.06. The monoisotopic (exact) mass is 255 g/mol. The Morgan fingerprint density at radius 3 is 2.47 bits per heavy atom. The van der Waals surface area contributed by atoms with Gasteiger partial charge in [0, 0.05) is 6.04 Å². The molecule has 2 nitrogen and oxygen atoms in total. The van der Waals surface area contributed by atoms with E-state index in [-0.39, 0.29) is 18.4 Å². The smallest absolute Gasteiger partial charge is 0.122 e. The van der Waals surface area contributed by atoms with Crippen LogP contribution < -0.4 is 10.5 Å². The van der Waals surface area contributed by atoms with Gasteiger partial charge in [-0.05, 0) is 61.8 Å². The van der Waals surface area contributed by atoms with Crippen molar-refractivity contribution in [2.24, 2.45) is 5.73 Å². The van der Waals surface area contributed by atoms with Crippen LogP contribution >= 0.6 is 12.4 Å². The average molecular weight is 256 g/mol. The summed E-state index contributed by atoms with van der Waals surface area (Å²) in [6.07, 6.45) is 5.91. The highest BCUT2D eigenvalue weighted by atomic mass is 35.5. The Morgan fingerprint density at radius 2 is 1.88 bits per heavy atom. The zero-order valence-electron chi connectivity index (χ0n) is 10.7. The molecule has 3 heteroatoms. The number of hydrogen-bond acceptors (Lipinski definition) is 2. The molecule has 0 bridgehead atoms. The van der Waals surface area contributed by atoms with E-state index in [0.717, 1.165) is 18.6 Å². The van der Waals surface area contributed by atoms with E-state index in [9.17, 15) is 0 Å². The van der Waals surface area contributed by atoms with Gasteiger partial charge in [-0.1, -0.05) is 6.07 Å². The first-order valence-electron chi connectivity index (χ1n) is 6.15. The molecule has 96 valence electrons. The largest absolute Gasteiger partial charge is 0.496 e. The molecule has 2 N–H and O–H groups in total. The second kappa shape index (κ2) is 6.27. The first-order valence-corrected chi connectivity index (χ1v) is 6.15. The summed E-state index contributed by atoms with van der Waals surface area (Å²) >= 11 is 0. The van der Waals surface area contributed by atoms with E-state index in [1.54, 1.807) is 7.11 Å². The molecule has 0 aromatic heterocycles. The van der Waals surface area contributed by atoms with Crippen molar-refractivity contribution >= 4 is 12.4 Å². The molecule has 1 atom stereocenters. The Kier molecular flexibility index (Phi) is 5.29. The molecule has 0 heterocycles. The van der Waals surface area contributed by atoms with Gasteiger partial charge in [-0.2, -0.15) is 0 Å². The van der Waals surface area contributed by atoms with Gasteiger partial charge in [-0.15, -0.1) is 12.4 Å². The topological polar surface area (TPSA) is 35.2 Å². The molecule has 0 aliphatic heterocycles. The highest BCUT2D eigenvalue weighted by Crippen LogP contribution is 2.32. The van der Waals surface area contributed by atoms with Gasteiger partial charge in [0.05, 0.1) is 7.11 Å². The number of rotatable bonds is 3. The van der Waals surface area contributed by atoms with Crippen LogP contribution in [0.2, 0.25) is 0 Å². The van der Waals surface area contributed by atoms with Crippen LogP contribution in [0.25, 0.3) is 0 Å². The molecule has 0 fully saturated rings. The molecule has 2 rings (SSSR count). The fourth-order valence-electron chi connectivity index (χ4n) is 2.64. The summed E-state index contributed by atoms with van der Waals surface area (Å²) in [5, 5.41) is 0. The fourth-order valence-corrected chi connectivity index (χ4v) is 2.64. The summed E-state index contributed by atoms with van der Waals surface area (Å²) < 4.78 is 5.44. The van der Waals surface area contributed by atoms with Gasteiger partial charge in [0.1, 0.15) is 5.75 Å². The van der Waals surface area contributed by atoms with E-state index in [0.29, 0.717) is 0 Å². The molecular formula is C14H22ClNO. The minimum Gasteiger partial charge on any atom is -0.496 e. The maximum absolute atomic E-state index is 5.90. The zero-order chi connectivity index (χ0) is 11.5. The molecule has 0 radical (unpaired) electrons. The molecule has 17 heavy (non-hydrogen) atoms. The van der Waals surface area contributed by atoms with Crippen molar-refractivity contribution in [1.29, 1.82) is 0 Å². The number of hydrogen-bond donors (Lipinski definition) is 1. The van der Waals surface area contributed by atoms with Crippen LogP contribution in [-0.4, -0.2) is 13.2 Å². The Labute approximate surface area is 110 Å². The van der Waals surface area contributed by atoms with Crippen LogP contribution in [0.1, 0.15) is 36.5 Å². The lowest BCUT2D eigenvalue weighted by Gasteiger charge is -2.22. The molecule has 1 aromatic carbocycles. The van der Waals surface area contributed by atoms with Crippen molar-refractivity contribution in [3.63, 3.8) is 0 Å². The summed E-state index contributed by atoms with van der Waals surface area (Å²) in [4.78, 5) is 0. The Morgan fingerprint density at radius 1 is 1.24 bits per heavy atom. The normalized spacial score (nSPS) is 15.7. The van der Waals surface area contributed by atoms with E-state index in [1.807, 2.05) is 0 Å². The van der Waals surface area contributed by atoms with Gasteiger partial charge in [0.25, 0.3) is 0 Å². The maximum atomic E-state index is 5.90. The molecule has 1 aliphatic carbocycles. The van der Waals surface area contributed by atoms with Crippen LogP contribution in [-0.2, 0) is 19.3 Å².